The van der Waals surface area contributed by atoms with Crippen LogP contribution in [0.15, 0.2) is 30.6 Å². The second kappa shape index (κ2) is 7.31. The average Bonchev–Trinajstić information content (AvgIpc) is 3.35. The third-order valence-corrected chi connectivity index (χ3v) is 5.81. The number of alkyl halides is 4. The third-order valence-electron chi connectivity index (χ3n) is 5.81. The first kappa shape index (κ1) is 20.5. The first-order valence-electron chi connectivity index (χ1n) is 9.90. The lowest BCUT2D eigenvalue weighted by Gasteiger charge is -2.37. The van der Waals surface area contributed by atoms with E-state index in [9.17, 15) is 22.4 Å². The molecule has 1 saturated heterocycles. The van der Waals surface area contributed by atoms with Gasteiger partial charge in [0, 0.05) is 19.0 Å². The number of carbonyl (C=O) groups is 1. The van der Waals surface area contributed by atoms with Crippen molar-refractivity contribution in [1.29, 1.82) is 0 Å². The van der Waals surface area contributed by atoms with Gasteiger partial charge in [-0.05, 0) is 30.5 Å². The van der Waals surface area contributed by atoms with Gasteiger partial charge in [-0.25, -0.2) is 18.3 Å². The van der Waals surface area contributed by atoms with Crippen molar-refractivity contribution in [2.45, 2.75) is 32.0 Å². The van der Waals surface area contributed by atoms with E-state index in [2.05, 4.69) is 24.5 Å². The van der Waals surface area contributed by atoms with E-state index in [1.54, 1.807) is 0 Å². The fourth-order valence-corrected chi connectivity index (χ4v) is 4.18. The number of likely N-dealkylation sites (tertiary alicyclic amines) is 1. The molecule has 2 aliphatic rings. The molecule has 0 N–H and O–H groups in total. The van der Waals surface area contributed by atoms with Crippen molar-refractivity contribution >= 4 is 11.7 Å². The smallest absolute Gasteiger partial charge is 0.395 e. The number of rotatable bonds is 3. The largest absolute Gasteiger partial charge is 0.586 e. The molecule has 12 heteroatoms. The minimum absolute atomic E-state index is 0.0322. The van der Waals surface area contributed by atoms with E-state index in [0.717, 1.165) is 0 Å². The van der Waals surface area contributed by atoms with Crippen LogP contribution < -0.4 is 9.47 Å². The van der Waals surface area contributed by atoms with Gasteiger partial charge in [-0.15, -0.1) is 8.78 Å². The van der Waals surface area contributed by atoms with Gasteiger partial charge in [0.25, 0.3) is 18.1 Å². The summed E-state index contributed by atoms with van der Waals surface area (Å²) in [7, 11) is 0. The number of para-hydroxylation sites is 1. The quantitative estimate of drug-likeness (QED) is 0.566. The minimum atomic E-state index is -3.85. The zero-order valence-electron chi connectivity index (χ0n) is 16.7. The van der Waals surface area contributed by atoms with Crippen molar-refractivity contribution in [3.63, 3.8) is 0 Å². The summed E-state index contributed by atoms with van der Waals surface area (Å²) in [5.41, 5.74) is -0.0242. The number of nitrogens with zero attached hydrogens (tertiary/aromatic N) is 5. The molecule has 1 fully saturated rings. The maximum absolute atomic E-state index is 13.5. The summed E-state index contributed by atoms with van der Waals surface area (Å²) in [6, 6.07) is 5.38. The summed E-state index contributed by atoms with van der Waals surface area (Å²) in [5, 5.41) is 4.09. The summed E-state index contributed by atoms with van der Waals surface area (Å²) in [5.74, 6) is -1.33. The molecule has 0 bridgehead atoms. The number of piperidine rings is 1. The topological polar surface area (TPSA) is 81.9 Å². The molecular formula is C20H17F4N5O3. The fraction of sp³-hybridized carbons (Fsp3) is 0.400. The van der Waals surface area contributed by atoms with Crippen molar-refractivity contribution in [2.75, 3.05) is 13.1 Å². The van der Waals surface area contributed by atoms with Crippen molar-refractivity contribution < 1.29 is 31.8 Å². The van der Waals surface area contributed by atoms with Crippen LogP contribution in [0.1, 0.15) is 47.4 Å². The molecule has 2 aromatic heterocycles. The summed E-state index contributed by atoms with van der Waals surface area (Å²) in [6.07, 6.45) is -4.85. The zero-order valence-corrected chi connectivity index (χ0v) is 16.7. The summed E-state index contributed by atoms with van der Waals surface area (Å²) >= 11 is 0. The molecule has 2 aliphatic heterocycles. The van der Waals surface area contributed by atoms with E-state index in [4.69, 9.17) is 0 Å². The molecule has 0 aliphatic carbocycles. The number of hydrogen-bond acceptors (Lipinski definition) is 6. The highest BCUT2D eigenvalue weighted by molar-refractivity contribution is 5.98. The van der Waals surface area contributed by atoms with E-state index in [1.807, 2.05) is 6.92 Å². The molecule has 168 valence electrons. The highest BCUT2D eigenvalue weighted by Crippen LogP contribution is 2.44. The van der Waals surface area contributed by atoms with Crippen molar-refractivity contribution in [3.8, 4) is 11.5 Å². The van der Waals surface area contributed by atoms with Crippen molar-refractivity contribution in [1.82, 2.24) is 24.5 Å². The highest BCUT2D eigenvalue weighted by Gasteiger charge is 2.46. The van der Waals surface area contributed by atoms with Gasteiger partial charge in [-0.3, -0.25) is 4.79 Å². The van der Waals surface area contributed by atoms with Crippen LogP contribution in [0.25, 0.3) is 5.78 Å². The Labute approximate surface area is 178 Å². The number of ether oxygens (including phenoxy) is 2. The lowest BCUT2D eigenvalue weighted by molar-refractivity contribution is -0.286. The monoisotopic (exact) mass is 451 g/mol. The fourth-order valence-electron chi connectivity index (χ4n) is 4.18. The van der Waals surface area contributed by atoms with Crippen LogP contribution in [0.5, 0.6) is 11.5 Å². The SMILES string of the molecule is C[C@@H]1CCN(C(=O)c2cccc3c2OC(F)(F)O3)C[C@H]1c1cc(C(F)F)nc2ncnn12. The number of aromatic nitrogens is 4. The van der Waals surface area contributed by atoms with Gasteiger partial charge in [0.1, 0.15) is 12.0 Å². The van der Waals surface area contributed by atoms with Gasteiger partial charge < -0.3 is 14.4 Å². The Morgan fingerprint density at radius 3 is 2.88 bits per heavy atom. The van der Waals surface area contributed by atoms with Crippen LogP contribution in [0.3, 0.4) is 0 Å². The standard InChI is InChI=1S/C20H17F4N5O3/c1-10-5-6-28(18(30)11-3-2-4-15-16(11)32-20(23,24)31-15)8-12(10)14-7-13(17(21)22)27-19-25-9-26-29(14)19/h2-4,7,9-10,12,17H,5-6,8H2,1H3/t10-,12-/m1/s1. The molecule has 1 amide bonds. The Morgan fingerprint density at radius 2 is 2.09 bits per heavy atom. The molecule has 5 rings (SSSR count). The van der Waals surface area contributed by atoms with Crippen molar-refractivity contribution in [2.24, 2.45) is 5.92 Å². The van der Waals surface area contributed by atoms with Crippen molar-refractivity contribution in [3.05, 3.63) is 47.5 Å². The van der Waals surface area contributed by atoms with Crippen LogP contribution in [0, 0.1) is 5.92 Å². The second-order valence-electron chi connectivity index (χ2n) is 7.80. The summed E-state index contributed by atoms with van der Waals surface area (Å²) < 4.78 is 64.2. The number of carbonyl (C=O) groups excluding carboxylic acids is 1. The number of benzene rings is 1. The van der Waals surface area contributed by atoms with E-state index in [-0.39, 0.29) is 41.2 Å². The van der Waals surface area contributed by atoms with Gasteiger partial charge in [0.2, 0.25) is 0 Å². The maximum Gasteiger partial charge on any atom is 0.586 e. The predicted molar refractivity (Wildman–Crippen MR) is 101 cm³/mol. The molecule has 0 spiro atoms. The summed E-state index contributed by atoms with van der Waals surface area (Å²) in [6.45, 7) is 2.49. The van der Waals surface area contributed by atoms with E-state index < -0.39 is 24.3 Å². The number of hydrogen-bond donors (Lipinski definition) is 0. The minimum Gasteiger partial charge on any atom is -0.395 e. The number of halogens is 4. The Morgan fingerprint density at radius 1 is 1.28 bits per heavy atom. The van der Waals surface area contributed by atoms with Crippen LogP contribution in [0.2, 0.25) is 0 Å². The normalized spacial score (nSPS) is 22.0. The average molecular weight is 451 g/mol. The molecular weight excluding hydrogens is 434 g/mol. The Kier molecular flexibility index (Phi) is 4.68. The first-order chi connectivity index (χ1) is 15.2. The number of amides is 1. The third kappa shape index (κ3) is 3.39. The first-order valence-corrected chi connectivity index (χ1v) is 9.90. The van der Waals surface area contributed by atoms with Gasteiger partial charge in [-0.2, -0.15) is 10.1 Å². The Balaban J connectivity index is 1.48. The van der Waals surface area contributed by atoms with Crippen LogP contribution in [0.4, 0.5) is 17.6 Å². The lowest BCUT2D eigenvalue weighted by atomic mass is 9.84. The van der Waals surface area contributed by atoms with Gasteiger partial charge >= 0.3 is 6.29 Å². The zero-order chi connectivity index (χ0) is 22.6. The summed E-state index contributed by atoms with van der Waals surface area (Å²) in [4.78, 5) is 22.5. The molecule has 8 nitrogen and oxygen atoms in total. The molecule has 32 heavy (non-hydrogen) atoms. The molecule has 1 aromatic carbocycles. The van der Waals surface area contributed by atoms with Gasteiger partial charge in [0.15, 0.2) is 11.5 Å². The molecule has 0 radical (unpaired) electrons. The molecule has 4 heterocycles. The van der Waals surface area contributed by atoms with E-state index in [1.165, 1.54) is 40.0 Å². The predicted octanol–water partition coefficient (Wildman–Crippen LogP) is 3.65. The maximum atomic E-state index is 13.5. The molecule has 0 saturated carbocycles. The number of fused-ring (bicyclic) bond motifs is 2. The van der Waals surface area contributed by atoms with E-state index >= 15 is 0 Å². The van der Waals surface area contributed by atoms with E-state index in [0.29, 0.717) is 18.7 Å². The Hall–Kier alpha value is -3.44. The Bertz CT molecular complexity index is 1200. The van der Waals surface area contributed by atoms with Crippen LogP contribution in [-0.2, 0) is 0 Å². The molecule has 0 unspecified atom stereocenters. The molecule has 3 aromatic rings. The van der Waals surface area contributed by atoms with Crippen LogP contribution >= 0.6 is 0 Å². The highest BCUT2D eigenvalue weighted by atomic mass is 19.3. The lowest BCUT2D eigenvalue weighted by Crippen LogP contribution is -2.42. The van der Waals surface area contributed by atoms with Gasteiger partial charge in [-0.1, -0.05) is 13.0 Å². The van der Waals surface area contributed by atoms with Crippen LogP contribution in [-0.4, -0.2) is 49.8 Å². The van der Waals surface area contributed by atoms with Gasteiger partial charge in [0.05, 0.1) is 11.3 Å². The molecule has 2 atom stereocenters. The second-order valence-corrected chi connectivity index (χ2v) is 7.80.